The van der Waals surface area contributed by atoms with Crippen LogP contribution >= 0.6 is 11.3 Å². The van der Waals surface area contributed by atoms with Crippen LogP contribution in [0.15, 0.2) is 16.9 Å². The summed E-state index contributed by atoms with van der Waals surface area (Å²) in [5.41, 5.74) is -0.936. The molecular formula is C21H23N3O9S. The molecule has 0 spiro atoms. The normalized spacial score (nSPS) is 14.8. The molecule has 182 valence electrons. The fraction of sp³-hybridized carbons (Fsp3) is 0.381. The van der Waals surface area contributed by atoms with Crippen LogP contribution in [0.2, 0.25) is 0 Å². The summed E-state index contributed by atoms with van der Waals surface area (Å²) in [6.07, 6.45) is 2.49. The van der Waals surface area contributed by atoms with E-state index in [1.165, 1.54) is 19.3 Å². The Hall–Kier alpha value is -3.71. The van der Waals surface area contributed by atoms with Crippen LogP contribution < -0.4 is 19.5 Å². The molecule has 13 heteroatoms. The van der Waals surface area contributed by atoms with Gasteiger partial charge in [0.15, 0.2) is 5.75 Å². The number of carbonyl (C=O) groups is 2. The van der Waals surface area contributed by atoms with E-state index >= 15 is 0 Å². The summed E-state index contributed by atoms with van der Waals surface area (Å²) in [6, 6.07) is 2.43. The second-order valence-electron chi connectivity index (χ2n) is 7.08. The Kier molecular flexibility index (Phi) is 8.02. The first-order valence-corrected chi connectivity index (χ1v) is 11.1. The number of phenolic OH excluding ortho intramolecular Hbond substituents is 1. The number of aromatic hydroxyl groups is 1. The Labute approximate surface area is 197 Å². The molecule has 1 fully saturated rings. The van der Waals surface area contributed by atoms with Gasteiger partial charge in [0.25, 0.3) is 5.56 Å². The first kappa shape index (κ1) is 24.9. The van der Waals surface area contributed by atoms with E-state index in [4.69, 9.17) is 14.2 Å². The van der Waals surface area contributed by atoms with E-state index in [1.807, 2.05) is 0 Å². The molecular weight excluding hydrogens is 470 g/mol. The van der Waals surface area contributed by atoms with Crippen LogP contribution in [0.1, 0.15) is 12.5 Å². The molecule has 0 aliphatic carbocycles. The number of thiazole rings is 1. The molecule has 0 radical (unpaired) electrons. The molecule has 1 aromatic heterocycles. The van der Waals surface area contributed by atoms with Crippen LogP contribution in [-0.4, -0.2) is 71.4 Å². The van der Waals surface area contributed by atoms with E-state index in [0.717, 1.165) is 28.0 Å². The molecule has 0 unspecified atom stereocenters. The molecule has 3 rings (SSSR count). The van der Waals surface area contributed by atoms with E-state index in [9.17, 15) is 29.6 Å². The number of methoxy groups -OCH3 is 1. The van der Waals surface area contributed by atoms with Crippen molar-refractivity contribution in [2.75, 3.05) is 40.0 Å². The summed E-state index contributed by atoms with van der Waals surface area (Å²) in [6.45, 7) is 3.05. The highest BCUT2D eigenvalue weighted by Crippen LogP contribution is 2.36. The minimum Gasteiger partial charge on any atom is -0.500 e. The van der Waals surface area contributed by atoms with Crippen molar-refractivity contribution in [2.24, 2.45) is 0 Å². The highest BCUT2D eigenvalue weighted by atomic mass is 32.1. The molecule has 0 saturated carbocycles. The Morgan fingerprint density at radius 1 is 1.32 bits per heavy atom. The van der Waals surface area contributed by atoms with Crippen LogP contribution in [0.25, 0.3) is 12.2 Å². The third kappa shape index (κ3) is 5.61. The number of carbonyl (C=O) groups excluding carboxylic acids is 2. The maximum Gasteiger partial charge on any atom is 0.333 e. The first-order valence-electron chi connectivity index (χ1n) is 10.3. The monoisotopic (exact) mass is 493 g/mol. The highest BCUT2D eigenvalue weighted by Gasteiger charge is 2.21. The fourth-order valence-corrected chi connectivity index (χ4v) is 4.30. The van der Waals surface area contributed by atoms with Gasteiger partial charge in [-0.15, -0.1) is 11.3 Å². The van der Waals surface area contributed by atoms with Crippen molar-refractivity contribution in [1.29, 1.82) is 0 Å². The average Bonchev–Trinajstić information content (AvgIpc) is 3.09. The molecule has 0 bridgehead atoms. The number of hydrogen-bond acceptors (Lipinski definition) is 10. The summed E-state index contributed by atoms with van der Waals surface area (Å²) < 4.78 is 16.6. The molecule has 1 aromatic carbocycles. The summed E-state index contributed by atoms with van der Waals surface area (Å²) in [4.78, 5) is 50.0. The minimum atomic E-state index is -0.775. The summed E-state index contributed by atoms with van der Waals surface area (Å²) in [7, 11) is 1.24. The molecule has 1 amide bonds. The van der Waals surface area contributed by atoms with E-state index in [0.29, 0.717) is 26.3 Å². The third-order valence-corrected chi connectivity index (χ3v) is 5.97. The van der Waals surface area contributed by atoms with Crippen LogP contribution in [-0.2, 0) is 25.6 Å². The van der Waals surface area contributed by atoms with Gasteiger partial charge in [-0.2, -0.15) is 0 Å². The molecule has 2 heterocycles. The van der Waals surface area contributed by atoms with Crippen molar-refractivity contribution in [2.45, 2.75) is 13.5 Å². The number of phenols is 1. The number of nitro benzene ring substituents is 1. The number of morpholine rings is 1. The van der Waals surface area contributed by atoms with Crippen molar-refractivity contribution in [3.8, 4) is 11.5 Å². The zero-order valence-electron chi connectivity index (χ0n) is 18.5. The van der Waals surface area contributed by atoms with E-state index < -0.39 is 27.9 Å². The highest BCUT2D eigenvalue weighted by molar-refractivity contribution is 7.07. The number of hydrogen-bond donors (Lipinski definition) is 1. The minimum absolute atomic E-state index is 0.118. The molecule has 34 heavy (non-hydrogen) atoms. The number of amides is 1. The predicted molar refractivity (Wildman–Crippen MR) is 121 cm³/mol. The SMILES string of the molecule is CCOC(=O)C=c1sc(=Cc2cc(OC)c(O)c([N+](=O)[O-])c2)c(=O)n1CC(=O)N1CCOCC1. The predicted octanol–water partition coefficient (Wildman–Crippen LogP) is -0.437. The summed E-state index contributed by atoms with van der Waals surface area (Å²) in [5, 5.41) is 21.3. The second-order valence-corrected chi connectivity index (χ2v) is 8.14. The van der Waals surface area contributed by atoms with E-state index in [2.05, 4.69) is 0 Å². The van der Waals surface area contributed by atoms with Crippen LogP contribution in [0.3, 0.4) is 0 Å². The molecule has 1 aliphatic rings. The van der Waals surface area contributed by atoms with Crippen molar-refractivity contribution in [3.05, 3.63) is 47.4 Å². The van der Waals surface area contributed by atoms with Gasteiger partial charge in [-0.3, -0.25) is 24.3 Å². The third-order valence-electron chi connectivity index (χ3n) is 4.91. The van der Waals surface area contributed by atoms with Gasteiger partial charge in [0, 0.05) is 19.2 Å². The van der Waals surface area contributed by atoms with Gasteiger partial charge in [-0.25, -0.2) is 4.79 Å². The van der Waals surface area contributed by atoms with Gasteiger partial charge in [0.2, 0.25) is 11.7 Å². The number of aromatic nitrogens is 1. The summed E-state index contributed by atoms with van der Waals surface area (Å²) in [5.74, 6) is -1.76. The number of benzene rings is 1. The molecule has 0 atom stereocenters. The van der Waals surface area contributed by atoms with Crippen LogP contribution in [0.4, 0.5) is 5.69 Å². The number of esters is 1. The van der Waals surface area contributed by atoms with E-state index in [-0.39, 0.29) is 39.6 Å². The van der Waals surface area contributed by atoms with Gasteiger partial charge in [0.05, 0.1) is 42.5 Å². The number of nitrogens with zero attached hydrogens (tertiary/aromatic N) is 3. The summed E-state index contributed by atoms with van der Waals surface area (Å²) >= 11 is 0.926. The average molecular weight is 493 g/mol. The second kappa shape index (κ2) is 10.9. The maximum atomic E-state index is 13.2. The Morgan fingerprint density at radius 3 is 2.65 bits per heavy atom. The van der Waals surface area contributed by atoms with Gasteiger partial charge < -0.3 is 24.2 Å². The van der Waals surface area contributed by atoms with Crippen LogP contribution in [0, 0.1) is 10.1 Å². The number of ether oxygens (including phenoxy) is 3. The fourth-order valence-electron chi connectivity index (χ4n) is 3.27. The molecule has 12 nitrogen and oxygen atoms in total. The van der Waals surface area contributed by atoms with Crippen LogP contribution in [0.5, 0.6) is 11.5 Å². The number of nitro groups is 1. The van der Waals surface area contributed by atoms with Gasteiger partial charge in [0.1, 0.15) is 11.2 Å². The smallest absolute Gasteiger partial charge is 0.333 e. The molecule has 1 N–H and O–H groups in total. The topological polar surface area (TPSA) is 150 Å². The largest absolute Gasteiger partial charge is 0.500 e. The van der Waals surface area contributed by atoms with Gasteiger partial charge in [-0.05, 0) is 24.6 Å². The molecule has 1 saturated heterocycles. The Morgan fingerprint density at radius 2 is 2.03 bits per heavy atom. The Balaban J connectivity index is 2.12. The van der Waals surface area contributed by atoms with E-state index in [1.54, 1.807) is 11.8 Å². The first-order chi connectivity index (χ1) is 16.2. The lowest BCUT2D eigenvalue weighted by molar-refractivity contribution is -0.386. The Bertz CT molecular complexity index is 1280. The maximum absolute atomic E-state index is 13.2. The van der Waals surface area contributed by atoms with Crippen molar-refractivity contribution in [3.63, 3.8) is 0 Å². The van der Waals surface area contributed by atoms with Gasteiger partial charge in [-0.1, -0.05) is 0 Å². The zero-order valence-corrected chi connectivity index (χ0v) is 19.3. The number of rotatable bonds is 7. The molecule has 2 aromatic rings. The lowest BCUT2D eigenvalue weighted by atomic mass is 10.1. The standard InChI is InChI=1S/C21H23N3O9S/c1-3-33-19(26)11-18-23(12-17(25)22-4-6-32-7-5-22)21(28)16(34-18)10-13-8-14(24(29)30)20(27)15(9-13)31-2/h8-11,27H,3-7,12H2,1-2H3. The van der Waals surface area contributed by atoms with Crippen molar-refractivity contribution < 1.29 is 33.8 Å². The molecule has 1 aliphatic heterocycles. The zero-order chi connectivity index (χ0) is 24.8. The van der Waals surface area contributed by atoms with Crippen molar-refractivity contribution in [1.82, 2.24) is 9.47 Å². The van der Waals surface area contributed by atoms with Crippen molar-refractivity contribution >= 4 is 41.1 Å². The van der Waals surface area contributed by atoms with Gasteiger partial charge >= 0.3 is 11.7 Å². The lowest BCUT2D eigenvalue weighted by Crippen LogP contribution is -2.45. The lowest BCUT2D eigenvalue weighted by Gasteiger charge is -2.26. The quantitative estimate of drug-likeness (QED) is 0.308.